The Labute approximate surface area is 159 Å². The second-order valence-corrected chi connectivity index (χ2v) is 6.87. The van der Waals surface area contributed by atoms with Crippen LogP contribution in [0.1, 0.15) is 24.8 Å². The van der Waals surface area contributed by atoms with Gasteiger partial charge in [-0.2, -0.15) is 0 Å². The topological polar surface area (TPSA) is 56.7 Å². The van der Waals surface area contributed by atoms with E-state index in [2.05, 4.69) is 17.0 Å². The zero-order valence-corrected chi connectivity index (χ0v) is 16.4. The van der Waals surface area contributed by atoms with E-state index in [0.29, 0.717) is 6.42 Å². The Hall–Kier alpha value is -2.27. The number of benzene rings is 1. The zero-order chi connectivity index (χ0) is 18.1. The molecule has 3 aliphatic rings. The SMILES string of the molecule is CN(C)C1=c2c(CCC(=O)O)c3ccc(=[N+](C)C)cc-3oc2=CCC1.[Cl-]. The molecule has 0 radical (unpaired) electrons. The molecule has 1 heterocycles. The number of aliphatic carboxylic acids is 1. The van der Waals surface area contributed by atoms with Crippen molar-refractivity contribution in [3.8, 4) is 11.3 Å². The maximum atomic E-state index is 11.2. The number of fused-ring (bicyclic) bond motifs is 2. The summed E-state index contributed by atoms with van der Waals surface area (Å²) < 4.78 is 8.26. The highest BCUT2D eigenvalue weighted by Gasteiger charge is 2.19. The second-order valence-electron chi connectivity index (χ2n) is 6.87. The molecule has 1 N–H and O–H groups in total. The van der Waals surface area contributed by atoms with Crippen LogP contribution in [-0.4, -0.2) is 44.2 Å². The molecule has 26 heavy (non-hydrogen) atoms. The molecule has 0 aromatic heterocycles. The van der Waals surface area contributed by atoms with Gasteiger partial charge in [0.15, 0.2) is 0 Å². The molecule has 3 rings (SSSR count). The maximum absolute atomic E-state index is 11.2. The van der Waals surface area contributed by atoms with Crippen LogP contribution >= 0.6 is 0 Å². The molecule has 0 fully saturated rings. The van der Waals surface area contributed by atoms with E-state index < -0.39 is 5.97 Å². The van der Waals surface area contributed by atoms with E-state index in [4.69, 9.17) is 4.42 Å². The lowest BCUT2D eigenvalue weighted by Crippen LogP contribution is -3.00. The molecular formula is C20H25ClN2O3. The first-order chi connectivity index (χ1) is 11.9. The van der Waals surface area contributed by atoms with Gasteiger partial charge < -0.3 is 26.8 Å². The molecule has 0 spiro atoms. The van der Waals surface area contributed by atoms with Crippen LogP contribution in [0.5, 0.6) is 0 Å². The van der Waals surface area contributed by atoms with Crippen molar-refractivity contribution < 1.29 is 26.7 Å². The molecule has 2 aliphatic carbocycles. The Bertz CT molecular complexity index is 985. The summed E-state index contributed by atoms with van der Waals surface area (Å²) in [4.78, 5) is 13.3. The summed E-state index contributed by atoms with van der Waals surface area (Å²) in [6.07, 6.45) is 4.60. The van der Waals surface area contributed by atoms with Gasteiger partial charge in [0.25, 0.3) is 0 Å². The highest BCUT2D eigenvalue weighted by Crippen LogP contribution is 2.23. The molecule has 0 atom stereocenters. The fraction of sp³-hybridized carbons (Fsp3) is 0.400. The number of rotatable bonds is 4. The number of halogens is 1. The maximum Gasteiger partial charge on any atom is 0.303 e. The van der Waals surface area contributed by atoms with Crippen LogP contribution in [0, 0.1) is 0 Å². The van der Waals surface area contributed by atoms with Gasteiger partial charge in [0.05, 0.1) is 6.07 Å². The van der Waals surface area contributed by atoms with E-state index in [9.17, 15) is 9.90 Å². The molecule has 0 aromatic rings. The van der Waals surface area contributed by atoms with Crippen molar-refractivity contribution in [1.82, 2.24) is 9.48 Å². The molecule has 0 aromatic carbocycles. The van der Waals surface area contributed by atoms with Crippen LogP contribution in [-0.2, 0) is 11.2 Å². The van der Waals surface area contributed by atoms with Gasteiger partial charge in [0, 0.05) is 43.1 Å². The Kier molecular flexibility index (Phi) is 6.13. The van der Waals surface area contributed by atoms with Gasteiger partial charge in [0.2, 0.25) is 5.36 Å². The predicted molar refractivity (Wildman–Crippen MR) is 98.4 cm³/mol. The zero-order valence-electron chi connectivity index (χ0n) is 15.7. The minimum atomic E-state index is -0.779. The molecule has 6 heteroatoms. The molecule has 5 nitrogen and oxygen atoms in total. The normalized spacial score (nSPS) is 12.8. The largest absolute Gasteiger partial charge is 1.00 e. The average molecular weight is 377 g/mol. The van der Waals surface area contributed by atoms with Crippen molar-refractivity contribution >= 4 is 17.7 Å². The summed E-state index contributed by atoms with van der Waals surface area (Å²) in [5.74, 6) is 0.0281. The number of hydrogen-bond donors (Lipinski definition) is 1. The van der Waals surface area contributed by atoms with Gasteiger partial charge in [-0.3, -0.25) is 4.79 Å². The number of hydrogen-bond acceptors (Lipinski definition) is 3. The molecule has 0 amide bonds. The van der Waals surface area contributed by atoms with Crippen LogP contribution in [0.25, 0.3) is 23.1 Å². The Morgan fingerprint density at radius 1 is 1.31 bits per heavy atom. The number of nitrogens with zero attached hydrogens (tertiary/aromatic N) is 2. The summed E-state index contributed by atoms with van der Waals surface area (Å²) in [6, 6.07) is 6.13. The molecular weight excluding hydrogens is 352 g/mol. The van der Waals surface area contributed by atoms with Crippen LogP contribution < -0.4 is 33.0 Å². The molecule has 0 saturated heterocycles. The Morgan fingerprint density at radius 2 is 2.04 bits per heavy atom. The predicted octanol–water partition coefficient (Wildman–Crippen LogP) is -2.32. The lowest BCUT2D eigenvalue weighted by atomic mass is 9.94. The number of carboxylic acids is 1. The van der Waals surface area contributed by atoms with Crippen LogP contribution in [0.2, 0.25) is 0 Å². The smallest absolute Gasteiger partial charge is 0.303 e. The third-order valence-electron chi connectivity index (χ3n) is 4.70. The summed E-state index contributed by atoms with van der Waals surface area (Å²) >= 11 is 0. The van der Waals surface area contributed by atoms with Gasteiger partial charge in [-0.1, -0.05) is 0 Å². The van der Waals surface area contributed by atoms with Crippen LogP contribution in [0.4, 0.5) is 0 Å². The lowest BCUT2D eigenvalue weighted by molar-refractivity contribution is -0.136. The van der Waals surface area contributed by atoms with Crippen LogP contribution in [0.15, 0.2) is 22.6 Å². The summed E-state index contributed by atoms with van der Waals surface area (Å²) in [5, 5.41) is 11.3. The van der Waals surface area contributed by atoms with Gasteiger partial charge >= 0.3 is 5.97 Å². The fourth-order valence-corrected chi connectivity index (χ4v) is 3.44. The van der Waals surface area contributed by atoms with E-state index in [1.807, 2.05) is 44.9 Å². The van der Waals surface area contributed by atoms with E-state index in [0.717, 1.165) is 45.7 Å². The van der Waals surface area contributed by atoms with Crippen LogP contribution in [0.3, 0.4) is 0 Å². The lowest BCUT2D eigenvalue weighted by Gasteiger charge is -2.22. The van der Waals surface area contributed by atoms with E-state index in [1.54, 1.807) is 0 Å². The van der Waals surface area contributed by atoms with Crippen molar-refractivity contribution in [2.45, 2.75) is 25.7 Å². The molecule has 0 saturated carbocycles. The fourth-order valence-electron chi connectivity index (χ4n) is 3.44. The molecule has 1 aliphatic heterocycles. The monoisotopic (exact) mass is 376 g/mol. The molecule has 0 bridgehead atoms. The highest BCUT2D eigenvalue weighted by molar-refractivity contribution is 5.70. The van der Waals surface area contributed by atoms with Gasteiger partial charge in [0.1, 0.15) is 25.3 Å². The minimum Gasteiger partial charge on any atom is -1.00 e. The van der Waals surface area contributed by atoms with E-state index in [1.165, 1.54) is 5.70 Å². The van der Waals surface area contributed by atoms with Crippen molar-refractivity contribution in [3.05, 3.63) is 39.8 Å². The quantitative estimate of drug-likeness (QED) is 0.609. The van der Waals surface area contributed by atoms with E-state index >= 15 is 0 Å². The van der Waals surface area contributed by atoms with Gasteiger partial charge in [-0.25, -0.2) is 4.58 Å². The third-order valence-corrected chi connectivity index (χ3v) is 4.70. The third kappa shape index (κ3) is 3.78. The van der Waals surface area contributed by atoms with E-state index in [-0.39, 0.29) is 18.8 Å². The second kappa shape index (κ2) is 7.96. The first-order valence-corrected chi connectivity index (χ1v) is 8.57. The number of carboxylic acid groups (broad SMARTS) is 1. The standard InChI is InChI=1S/C20H24N2O3.ClH/c1-21(2)13-8-9-14-15(10-11-19(23)24)20-16(22(3)4)6-5-7-17(20)25-18(14)12-13;/h7-9,12H,5-6,10-11H2,1-4H3;1H. The summed E-state index contributed by atoms with van der Waals surface area (Å²) in [5.41, 5.74) is 4.14. The van der Waals surface area contributed by atoms with Crippen molar-refractivity contribution in [1.29, 1.82) is 0 Å². The van der Waals surface area contributed by atoms with Crippen molar-refractivity contribution in [2.75, 3.05) is 28.2 Å². The average Bonchev–Trinajstić information content (AvgIpc) is 2.57. The first-order valence-electron chi connectivity index (χ1n) is 8.57. The Balaban J connectivity index is 0.00000243. The van der Waals surface area contributed by atoms with Gasteiger partial charge in [-0.15, -0.1) is 0 Å². The molecule has 0 unspecified atom stereocenters. The van der Waals surface area contributed by atoms with Crippen molar-refractivity contribution in [3.63, 3.8) is 0 Å². The Morgan fingerprint density at radius 3 is 2.65 bits per heavy atom. The number of carbonyl (C=O) groups is 1. The summed E-state index contributed by atoms with van der Waals surface area (Å²) in [7, 11) is 8.05. The highest BCUT2D eigenvalue weighted by atomic mass is 35.5. The van der Waals surface area contributed by atoms with Gasteiger partial charge in [-0.05, 0) is 37.0 Å². The molecule has 140 valence electrons. The minimum absolute atomic E-state index is 0. The summed E-state index contributed by atoms with van der Waals surface area (Å²) in [6.45, 7) is 0. The first kappa shape index (κ1) is 20.0. The van der Waals surface area contributed by atoms with Crippen molar-refractivity contribution in [2.24, 2.45) is 0 Å².